The van der Waals surface area contributed by atoms with Gasteiger partial charge in [-0.05, 0) is 48.0 Å². The summed E-state index contributed by atoms with van der Waals surface area (Å²) in [7, 11) is 0. The van der Waals surface area contributed by atoms with E-state index in [1.165, 1.54) is 0 Å². The lowest BCUT2D eigenvalue weighted by Crippen LogP contribution is -2.39. The van der Waals surface area contributed by atoms with E-state index in [1.807, 2.05) is 0 Å². The highest BCUT2D eigenvalue weighted by atomic mass is 16.6. The summed E-state index contributed by atoms with van der Waals surface area (Å²) in [5.74, 6) is -0.844. The fourth-order valence-electron chi connectivity index (χ4n) is 1.38. The molecule has 0 fully saturated rings. The Bertz CT molecular complexity index is 382. The van der Waals surface area contributed by atoms with Crippen LogP contribution in [-0.2, 0) is 19.1 Å². The summed E-state index contributed by atoms with van der Waals surface area (Å²) in [6, 6.07) is 1.49. The minimum Gasteiger partial charge on any atom is -0.460 e. The molecule has 1 atom stereocenters. The van der Waals surface area contributed by atoms with Gasteiger partial charge in [0.05, 0.1) is 0 Å². The molecule has 1 N–H and O–H groups in total. The Morgan fingerprint density at radius 2 is 1.60 bits per heavy atom. The molecule has 0 aliphatic carbocycles. The molecule has 0 aromatic rings. The maximum atomic E-state index is 11.9. The van der Waals surface area contributed by atoms with Gasteiger partial charge in [-0.25, -0.2) is 4.79 Å². The molecule has 0 spiro atoms. The average Bonchev–Trinajstić information content (AvgIpc) is 2.18. The summed E-state index contributed by atoms with van der Waals surface area (Å²) in [5.41, 5.74) is -1.14. The number of carbonyl (C=O) groups is 2. The molecule has 0 heterocycles. The first-order valence-electron chi connectivity index (χ1n) is 6.60. The van der Waals surface area contributed by atoms with Crippen LogP contribution in [0.25, 0.3) is 0 Å². The highest BCUT2D eigenvalue weighted by Crippen LogP contribution is 2.13. The second kappa shape index (κ2) is 7.18. The molecule has 0 rings (SSSR count). The molecule has 0 aliphatic heterocycles. The molecular weight excluding hydrogens is 258 g/mol. The minimum atomic E-state index is -0.716. The standard InChI is InChI=1S/C15H25NO4/c1-8-16-11(13(18)20-15(5,6)7)9-10-12(17)19-14(2,3)4/h1,11,16H,9-10H2,2-7H3/t11-/m0/s1. The maximum absolute atomic E-state index is 11.9. The lowest BCUT2D eigenvalue weighted by atomic mass is 10.1. The van der Waals surface area contributed by atoms with Gasteiger partial charge < -0.3 is 14.8 Å². The molecule has 0 aliphatic rings. The SMILES string of the molecule is C#CN[C@@H](CCC(=O)OC(C)(C)C)C(=O)OC(C)(C)C. The number of terminal acetylenes is 1. The van der Waals surface area contributed by atoms with Gasteiger partial charge in [-0.3, -0.25) is 4.79 Å². The summed E-state index contributed by atoms with van der Waals surface area (Å²) < 4.78 is 10.4. The molecule has 5 heteroatoms. The minimum absolute atomic E-state index is 0.0931. The van der Waals surface area contributed by atoms with Crippen molar-refractivity contribution in [1.29, 1.82) is 0 Å². The largest absolute Gasteiger partial charge is 0.460 e. The van der Waals surface area contributed by atoms with E-state index < -0.39 is 23.2 Å². The third-order valence-electron chi connectivity index (χ3n) is 2.01. The van der Waals surface area contributed by atoms with Gasteiger partial charge in [0.25, 0.3) is 0 Å². The van der Waals surface area contributed by atoms with E-state index in [-0.39, 0.29) is 18.8 Å². The molecule has 0 bridgehead atoms. The van der Waals surface area contributed by atoms with Gasteiger partial charge in [0, 0.05) is 12.5 Å². The van der Waals surface area contributed by atoms with Gasteiger partial charge in [0.1, 0.15) is 17.2 Å². The first-order chi connectivity index (χ1) is 8.94. The molecule has 0 saturated heterocycles. The number of nitrogens with one attached hydrogen (secondary N) is 1. The van der Waals surface area contributed by atoms with E-state index in [4.69, 9.17) is 15.9 Å². The predicted molar refractivity (Wildman–Crippen MR) is 76.7 cm³/mol. The Hall–Kier alpha value is -1.70. The first kappa shape index (κ1) is 18.3. The third-order valence-corrected chi connectivity index (χ3v) is 2.01. The Labute approximate surface area is 121 Å². The monoisotopic (exact) mass is 283 g/mol. The summed E-state index contributed by atoms with van der Waals surface area (Å²) in [6.07, 6.45) is 5.48. The van der Waals surface area contributed by atoms with Crippen molar-refractivity contribution in [3.63, 3.8) is 0 Å². The van der Waals surface area contributed by atoms with Crippen molar-refractivity contribution in [2.75, 3.05) is 0 Å². The smallest absolute Gasteiger partial charge is 0.329 e. The number of ether oxygens (including phenoxy) is 2. The van der Waals surface area contributed by atoms with E-state index in [1.54, 1.807) is 41.5 Å². The maximum Gasteiger partial charge on any atom is 0.329 e. The van der Waals surface area contributed by atoms with Crippen LogP contribution in [0.2, 0.25) is 0 Å². The second-order valence-corrected chi connectivity index (χ2v) is 6.50. The number of rotatable bonds is 5. The van der Waals surface area contributed by atoms with Crippen molar-refractivity contribution in [2.45, 2.75) is 71.6 Å². The number of esters is 2. The molecule has 0 radical (unpaired) electrons. The van der Waals surface area contributed by atoms with Crippen molar-refractivity contribution in [3.8, 4) is 12.5 Å². The highest BCUT2D eigenvalue weighted by molar-refractivity contribution is 5.78. The fourth-order valence-corrected chi connectivity index (χ4v) is 1.38. The lowest BCUT2D eigenvalue weighted by Gasteiger charge is -2.24. The van der Waals surface area contributed by atoms with Crippen LogP contribution >= 0.6 is 0 Å². The van der Waals surface area contributed by atoms with E-state index in [9.17, 15) is 9.59 Å². The van der Waals surface area contributed by atoms with E-state index in [2.05, 4.69) is 11.4 Å². The molecule has 0 aromatic heterocycles. The number of carbonyl (C=O) groups excluding carboxylic acids is 2. The predicted octanol–water partition coefficient (Wildman–Crippen LogP) is 2.00. The second-order valence-electron chi connectivity index (χ2n) is 6.50. The molecule has 114 valence electrons. The van der Waals surface area contributed by atoms with Crippen molar-refractivity contribution in [2.24, 2.45) is 0 Å². The Kier molecular flexibility index (Phi) is 6.57. The molecular formula is C15H25NO4. The quantitative estimate of drug-likeness (QED) is 0.475. The summed E-state index contributed by atoms with van der Waals surface area (Å²) in [5, 5.41) is 2.57. The molecule has 0 unspecified atom stereocenters. The molecule has 0 saturated carbocycles. The lowest BCUT2D eigenvalue weighted by molar-refractivity contribution is -0.158. The molecule has 0 aromatic carbocycles. The summed E-state index contributed by atoms with van der Waals surface area (Å²) in [4.78, 5) is 23.5. The van der Waals surface area contributed by atoms with Crippen LogP contribution in [0.3, 0.4) is 0 Å². The van der Waals surface area contributed by atoms with Crippen molar-refractivity contribution < 1.29 is 19.1 Å². The van der Waals surface area contributed by atoms with Gasteiger partial charge in [0.2, 0.25) is 0 Å². The van der Waals surface area contributed by atoms with Crippen LogP contribution in [0, 0.1) is 12.5 Å². The Balaban J connectivity index is 4.46. The van der Waals surface area contributed by atoms with Crippen LogP contribution in [-0.4, -0.2) is 29.2 Å². The van der Waals surface area contributed by atoms with Crippen LogP contribution in [0.15, 0.2) is 0 Å². The molecule has 0 amide bonds. The van der Waals surface area contributed by atoms with Crippen molar-refractivity contribution >= 4 is 11.9 Å². The van der Waals surface area contributed by atoms with Crippen LogP contribution in [0.1, 0.15) is 54.4 Å². The highest BCUT2D eigenvalue weighted by Gasteiger charge is 2.26. The zero-order chi connectivity index (χ0) is 16.0. The normalized spacial score (nSPS) is 13.1. The fraction of sp³-hybridized carbons (Fsp3) is 0.733. The third kappa shape index (κ3) is 9.26. The first-order valence-corrected chi connectivity index (χ1v) is 6.60. The zero-order valence-corrected chi connectivity index (χ0v) is 13.2. The van der Waals surface area contributed by atoms with Gasteiger partial charge in [-0.1, -0.05) is 6.42 Å². The Morgan fingerprint density at radius 1 is 1.10 bits per heavy atom. The van der Waals surface area contributed by atoms with E-state index in [0.717, 1.165) is 0 Å². The van der Waals surface area contributed by atoms with E-state index >= 15 is 0 Å². The zero-order valence-electron chi connectivity index (χ0n) is 13.2. The van der Waals surface area contributed by atoms with Crippen LogP contribution in [0.4, 0.5) is 0 Å². The van der Waals surface area contributed by atoms with Gasteiger partial charge >= 0.3 is 11.9 Å². The van der Waals surface area contributed by atoms with E-state index in [0.29, 0.717) is 0 Å². The van der Waals surface area contributed by atoms with Gasteiger partial charge in [0.15, 0.2) is 0 Å². The topological polar surface area (TPSA) is 64.6 Å². The molecule has 5 nitrogen and oxygen atoms in total. The number of hydrogen-bond acceptors (Lipinski definition) is 5. The molecule has 20 heavy (non-hydrogen) atoms. The van der Waals surface area contributed by atoms with Crippen LogP contribution < -0.4 is 5.32 Å². The van der Waals surface area contributed by atoms with Crippen molar-refractivity contribution in [3.05, 3.63) is 0 Å². The van der Waals surface area contributed by atoms with Gasteiger partial charge in [-0.2, -0.15) is 0 Å². The van der Waals surface area contributed by atoms with Gasteiger partial charge in [-0.15, -0.1) is 0 Å². The summed E-state index contributed by atoms with van der Waals surface area (Å²) >= 11 is 0. The average molecular weight is 283 g/mol. The Morgan fingerprint density at radius 3 is 2.00 bits per heavy atom. The van der Waals surface area contributed by atoms with Crippen LogP contribution in [0.5, 0.6) is 0 Å². The number of hydrogen-bond donors (Lipinski definition) is 1. The summed E-state index contributed by atoms with van der Waals surface area (Å²) in [6.45, 7) is 10.7. The van der Waals surface area contributed by atoms with Crippen molar-refractivity contribution in [1.82, 2.24) is 5.32 Å².